The molecule has 0 bridgehead atoms. The number of aryl methyl sites for hydroxylation is 2. The number of carbonyl (C=O) groups excluding carboxylic acids is 1. The molecule has 1 aromatic carbocycles. The van der Waals surface area contributed by atoms with Crippen LogP contribution in [0.4, 0.5) is 26.5 Å². The van der Waals surface area contributed by atoms with Gasteiger partial charge in [-0.05, 0) is 26.0 Å². The third-order valence-electron chi connectivity index (χ3n) is 3.91. The van der Waals surface area contributed by atoms with Crippen molar-refractivity contribution in [2.24, 2.45) is 0 Å². The van der Waals surface area contributed by atoms with E-state index in [0.717, 1.165) is 13.1 Å². The molecule has 1 saturated heterocycles. The predicted octanol–water partition coefficient (Wildman–Crippen LogP) is 2.71. The van der Waals surface area contributed by atoms with Crippen LogP contribution in [0.5, 0.6) is 0 Å². The minimum absolute atomic E-state index is 0.112. The normalized spacial score (nSPS) is 14.3. The lowest BCUT2D eigenvalue weighted by molar-refractivity contribution is 0.122. The van der Waals surface area contributed by atoms with Gasteiger partial charge < -0.3 is 20.3 Å². The standard InChI is InChI=1S/C17H20FN5O2/c1-11-15(22-17(24)21-14-6-4-3-5-13(14)18)12(2)20-16(19-11)23-7-9-25-10-8-23/h3-6H,7-10H2,1-2H3,(H2,21,22,24). The molecule has 2 N–H and O–H groups in total. The maximum Gasteiger partial charge on any atom is 0.323 e. The molecule has 1 aromatic heterocycles. The molecule has 8 heteroatoms. The van der Waals surface area contributed by atoms with Crippen molar-refractivity contribution in [3.05, 3.63) is 41.5 Å². The highest BCUT2D eigenvalue weighted by molar-refractivity contribution is 6.00. The molecule has 0 atom stereocenters. The third-order valence-corrected chi connectivity index (χ3v) is 3.91. The summed E-state index contributed by atoms with van der Waals surface area (Å²) >= 11 is 0. The Kier molecular flexibility index (Phi) is 5.08. The van der Waals surface area contributed by atoms with Crippen molar-refractivity contribution in [1.29, 1.82) is 0 Å². The van der Waals surface area contributed by atoms with Gasteiger partial charge in [0.1, 0.15) is 5.82 Å². The Bertz CT molecular complexity index is 754. The molecule has 132 valence electrons. The van der Waals surface area contributed by atoms with E-state index < -0.39 is 11.8 Å². The number of rotatable bonds is 3. The van der Waals surface area contributed by atoms with Gasteiger partial charge in [0, 0.05) is 13.1 Å². The summed E-state index contributed by atoms with van der Waals surface area (Å²) in [6.45, 7) is 6.37. The van der Waals surface area contributed by atoms with E-state index >= 15 is 0 Å². The second kappa shape index (κ2) is 7.43. The Labute approximate surface area is 145 Å². The molecule has 0 saturated carbocycles. The van der Waals surface area contributed by atoms with Gasteiger partial charge in [0.15, 0.2) is 0 Å². The number of anilines is 3. The van der Waals surface area contributed by atoms with Gasteiger partial charge in [-0.15, -0.1) is 0 Å². The molecule has 25 heavy (non-hydrogen) atoms. The minimum Gasteiger partial charge on any atom is -0.378 e. The van der Waals surface area contributed by atoms with Crippen molar-refractivity contribution in [2.45, 2.75) is 13.8 Å². The van der Waals surface area contributed by atoms with Crippen LogP contribution < -0.4 is 15.5 Å². The molecule has 0 spiro atoms. The maximum atomic E-state index is 13.6. The Morgan fingerprint density at radius 3 is 2.40 bits per heavy atom. The largest absolute Gasteiger partial charge is 0.378 e. The van der Waals surface area contributed by atoms with Crippen LogP contribution in [0.1, 0.15) is 11.4 Å². The van der Waals surface area contributed by atoms with E-state index in [-0.39, 0.29) is 5.69 Å². The molecule has 2 amide bonds. The van der Waals surface area contributed by atoms with Gasteiger partial charge in [0.05, 0.1) is 36.0 Å². The second-order valence-corrected chi connectivity index (χ2v) is 5.73. The van der Waals surface area contributed by atoms with Gasteiger partial charge >= 0.3 is 6.03 Å². The van der Waals surface area contributed by atoms with E-state index in [1.807, 2.05) is 4.90 Å². The highest BCUT2D eigenvalue weighted by atomic mass is 19.1. The predicted molar refractivity (Wildman–Crippen MR) is 93.6 cm³/mol. The number of aromatic nitrogens is 2. The number of carbonyl (C=O) groups is 1. The molecule has 0 unspecified atom stereocenters. The molecule has 1 fully saturated rings. The Hall–Kier alpha value is -2.74. The number of urea groups is 1. The third kappa shape index (κ3) is 4.03. The van der Waals surface area contributed by atoms with Crippen molar-refractivity contribution < 1.29 is 13.9 Å². The number of para-hydroxylation sites is 1. The second-order valence-electron chi connectivity index (χ2n) is 5.73. The quantitative estimate of drug-likeness (QED) is 0.894. The lowest BCUT2D eigenvalue weighted by Gasteiger charge is -2.27. The summed E-state index contributed by atoms with van der Waals surface area (Å²) in [4.78, 5) is 23.2. The molecule has 3 rings (SSSR count). The molecular formula is C17H20FN5O2. The molecule has 2 heterocycles. The summed E-state index contributed by atoms with van der Waals surface area (Å²) < 4.78 is 19.0. The van der Waals surface area contributed by atoms with Crippen LogP contribution in [0.3, 0.4) is 0 Å². The Morgan fingerprint density at radius 2 is 1.76 bits per heavy atom. The van der Waals surface area contributed by atoms with Crippen molar-refractivity contribution >= 4 is 23.4 Å². The molecule has 0 radical (unpaired) electrons. The molecular weight excluding hydrogens is 325 g/mol. The average Bonchev–Trinajstić information content (AvgIpc) is 2.61. The zero-order chi connectivity index (χ0) is 17.8. The van der Waals surface area contributed by atoms with E-state index in [1.54, 1.807) is 26.0 Å². The topological polar surface area (TPSA) is 79.4 Å². The minimum atomic E-state index is -0.543. The van der Waals surface area contributed by atoms with Gasteiger partial charge in [-0.2, -0.15) is 0 Å². The van der Waals surface area contributed by atoms with Gasteiger partial charge in [-0.1, -0.05) is 12.1 Å². The summed E-state index contributed by atoms with van der Waals surface area (Å²) in [7, 11) is 0. The fraction of sp³-hybridized carbons (Fsp3) is 0.353. The molecule has 0 aliphatic carbocycles. The number of hydrogen-bond acceptors (Lipinski definition) is 5. The van der Waals surface area contributed by atoms with Crippen LogP contribution >= 0.6 is 0 Å². The molecule has 1 aliphatic rings. The number of hydrogen-bond donors (Lipinski definition) is 2. The number of amides is 2. The highest BCUT2D eigenvalue weighted by Gasteiger charge is 2.18. The zero-order valence-corrected chi connectivity index (χ0v) is 14.2. The molecule has 7 nitrogen and oxygen atoms in total. The number of nitrogens with one attached hydrogen (secondary N) is 2. The van der Waals surface area contributed by atoms with E-state index in [2.05, 4.69) is 20.6 Å². The Balaban J connectivity index is 1.74. The van der Waals surface area contributed by atoms with Gasteiger partial charge in [0.25, 0.3) is 0 Å². The highest BCUT2D eigenvalue weighted by Crippen LogP contribution is 2.21. The van der Waals surface area contributed by atoms with Gasteiger partial charge in [0.2, 0.25) is 5.95 Å². The van der Waals surface area contributed by atoms with Crippen LogP contribution in [-0.2, 0) is 4.74 Å². The van der Waals surface area contributed by atoms with Crippen molar-refractivity contribution in [1.82, 2.24) is 9.97 Å². The van der Waals surface area contributed by atoms with E-state index in [4.69, 9.17) is 4.74 Å². The van der Waals surface area contributed by atoms with Crippen molar-refractivity contribution in [3.63, 3.8) is 0 Å². The average molecular weight is 345 g/mol. The van der Waals surface area contributed by atoms with Crippen LogP contribution in [-0.4, -0.2) is 42.3 Å². The molecule has 2 aromatic rings. The lowest BCUT2D eigenvalue weighted by Crippen LogP contribution is -2.37. The van der Waals surface area contributed by atoms with E-state index in [0.29, 0.717) is 36.2 Å². The number of benzene rings is 1. The summed E-state index contributed by atoms with van der Waals surface area (Å²) in [5.41, 5.74) is 1.93. The fourth-order valence-electron chi connectivity index (χ4n) is 2.61. The summed E-state index contributed by atoms with van der Waals surface area (Å²) in [5.74, 6) is 0.128. The first kappa shape index (κ1) is 17.1. The first-order valence-corrected chi connectivity index (χ1v) is 8.05. The number of nitrogens with zero attached hydrogens (tertiary/aromatic N) is 3. The van der Waals surface area contributed by atoms with E-state index in [9.17, 15) is 9.18 Å². The molecule has 1 aliphatic heterocycles. The first-order valence-electron chi connectivity index (χ1n) is 8.05. The van der Waals surface area contributed by atoms with Crippen molar-refractivity contribution in [2.75, 3.05) is 41.8 Å². The number of morpholine rings is 1. The summed E-state index contributed by atoms with van der Waals surface area (Å²) in [6, 6.07) is 5.44. The van der Waals surface area contributed by atoms with Gasteiger partial charge in [-0.25, -0.2) is 19.2 Å². The van der Waals surface area contributed by atoms with E-state index in [1.165, 1.54) is 12.1 Å². The maximum absolute atomic E-state index is 13.6. The van der Waals surface area contributed by atoms with Crippen LogP contribution in [0.25, 0.3) is 0 Å². The number of ether oxygens (including phenoxy) is 1. The monoisotopic (exact) mass is 345 g/mol. The summed E-state index contributed by atoms with van der Waals surface area (Å²) in [5, 5.41) is 5.18. The number of halogens is 1. The van der Waals surface area contributed by atoms with Crippen LogP contribution in [0.2, 0.25) is 0 Å². The summed E-state index contributed by atoms with van der Waals surface area (Å²) in [6.07, 6.45) is 0. The SMILES string of the molecule is Cc1nc(N2CCOCC2)nc(C)c1NC(=O)Nc1ccccc1F. The fourth-order valence-corrected chi connectivity index (χ4v) is 2.61. The first-order chi connectivity index (χ1) is 12.0. The lowest BCUT2D eigenvalue weighted by atomic mass is 10.2. The Morgan fingerprint density at radius 1 is 1.12 bits per heavy atom. The smallest absolute Gasteiger partial charge is 0.323 e. The zero-order valence-electron chi connectivity index (χ0n) is 14.2. The van der Waals surface area contributed by atoms with Crippen LogP contribution in [0.15, 0.2) is 24.3 Å². The van der Waals surface area contributed by atoms with Gasteiger partial charge in [-0.3, -0.25) is 0 Å². The van der Waals surface area contributed by atoms with Crippen LogP contribution in [0, 0.1) is 19.7 Å². The van der Waals surface area contributed by atoms with Crippen molar-refractivity contribution in [3.8, 4) is 0 Å².